The molecule has 3 aliphatic rings. The predicted molar refractivity (Wildman–Crippen MR) is 97.0 cm³/mol. The number of carbonyl (C=O) groups is 2. The molecule has 4 rings (SSSR count). The summed E-state index contributed by atoms with van der Waals surface area (Å²) < 4.78 is 11.2. The van der Waals surface area contributed by atoms with E-state index < -0.39 is 0 Å². The summed E-state index contributed by atoms with van der Waals surface area (Å²) in [6.45, 7) is 3.59. The molecule has 0 radical (unpaired) electrons. The van der Waals surface area contributed by atoms with E-state index in [0.717, 1.165) is 51.0 Å². The first-order valence-corrected chi connectivity index (χ1v) is 9.65. The van der Waals surface area contributed by atoms with Gasteiger partial charge in [-0.3, -0.25) is 9.59 Å². The van der Waals surface area contributed by atoms with Crippen molar-refractivity contribution < 1.29 is 19.1 Å². The normalized spacial score (nSPS) is 22.8. The van der Waals surface area contributed by atoms with Crippen LogP contribution in [0.2, 0.25) is 0 Å². The number of rotatable bonds is 3. The number of nitrogens with zero attached hydrogens (tertiary/aromatic N) is 2. The molecule has 0 N–H and O–H groups in total. The van der Waals surface area contributed by atoms with Crippen molar-refractivity contribution >= 4 is 17.5 Å². The molecule has 6 nitrogen and oxygen atoms in total. The fraction of sp³-hybridized carbons (Fsp3) is 0.600. The predicted octanol–water partition coefficient (Wildman–Crippen LogP) is 2.43. The molecule has 6 heteroatoms. The van der Waals surface area contributed by atoms with Crippen LogP contribution in [-0.4, -0.2) is 55.9 Å². The molecule has 0 bridgehead atoms. The van der Waals surface area contributed by atoms with Crippen molar-refractivity contribution in [2.24, 2.45) is 5.92 Å². The Morgan fingerprint density at radius 1 is 0.962 bits per heavy atom. The number of carbonyl (C=O) groups excluding carboxylic acids is 2. The highest BCUT2D eigenvalue weighted by atomic mass is 16.7. The molecule has 0 spiro atoms. The quantitative estimate of drug-likeness (QED) is 0.833. The average molecular weight is 358 g/mol. The Labute approximate surface area is 154 Å². The Hall–Kier alpha value is -1.92. The van der Waals surface area contributed by atoms with E-state index in [4.69, 9.17) is 9.47 Å². The summed E-state index contributed by atoms with van der Waals surface area (Å²) in [6.07, 6.45) is 4.36. The second-order valence-corrected chi connectivity index (χ2v) is 7.29. The maximum absolute atomic E-state index is 12.8. The van der Waals surface area contributed by atoms with Crippen molar-refractivity contribution in [3.05, 3.63) is 29.8 Å². The van der Waals surface area contributed by atoms with Crippen LogP contribution in [0.25, 0.3) is 0 Å². The first-order valence-electron chi connectivity index (χ1n) is 9.65. The van der Waals surface area contributed by atoms with Gasteiger partial charge in [-0.1, -0.05) is 0 Å². The SMILES string of the molecule is O=C(c1ccc(N2CCCCC2=O)cc1)N1CCC(C2OCCO2)CC1. The average Bonchev–Trinajstić information content (AvgIpc) is 3.23. The van der Waals surface area contributed by atoms with E-state index in [1.807, 2.05) is 34.1 Å². The van der Waals surface area contributed by atoms with Crippen LogP contribution in [0, 0.1) is 5.92 Å². The molecule has 2 amide bonds. The number of amides is 2. The summed E-state index contributed by atoms with van der Waals surface area (Å²) >= 11 is 0. The van der Waals surface area contributed by atoms with Crippen molar-refractivity contribution in [1.82, 2.24) is 4.90 Å². The Balaban J connectivity index is 1.35. The molecule has 140 valence electrons. The molecular formula is C20H26N2O4. The number of benzene rings is 1. The number of ether oxygens (including phenoxy) is 2. The van der Waals surface area contributed by atoms with E-state index in [1.54, 1.807) is 0 Å². The van der Waals surface area contributed by atoms with Gasteiger partial charge < -0.3 is 19.3 Å². The minimum Gasteiger partial charge on any atom is -0.350 e. The molecule has 1 aromatic carbocycles. The zero-order chi connectivity index (χ0) is 17.9. The van der Waals surface area contributed by atoms with E-state index in [0.29, 0.717) is 31.1 Å². The standard InChI is InChI=1S/C20H26N2O4/c23-18-3-1-2-10-22(18)17-6-4-15(5-7-17)19(24)21-11-8-16(9-12-21)20-25-13-14-26-20/h4-7,16,20H,1-3,8-14H2. The molecule has 0 aliphatic carbocycles. The maximum Gasteiger partial charge on any atom is 0.253 e. The van der Waals surface area contributed by atoms with Gasteiger partial charge in [-0.15, -0.1) is 0 Å². The van der Waals surface area contributed by atoms with Crippen LogP contribution in [0.4, 0.5) is 5.69 Å². The fourth-order valence-electron chi connectivity index (χ4n) is 4.07. The molecule has 3 fully saturated rings. The molecule has 0 aromatic heterocycles. The number of likely N-dealkylation sites (tertiary alicyclic amines) is 1. The van der Waals surface area contributed by atoms with Crippen LogP contribution in [0.15, 0.2) is 24.3 Å². The number of hydrogen-bond donors (Lipinski definition) is 0. The third-order valence-electron chi connectivity index (χ3n) is 5.61. The highest BCUT2D eigenvalue weighted by molar-refractivity contribution is 5.97. The molecule has 3 saturated heterocycles. The van der Waals surface area contributed by atoms with Gasteiger partial charge in [-0.2, -0.15) is 0 Å². The van der Waals surface area contributed by atoms with E-state index in [1.165, 1.54) is 0 Å². The lowest BCUT2D eigenvalue weighted by molar-refractivity contribution is -0.119. The largest absolute Gasteiger partial charge is 0.350 e. The number of piperidine rings is 2. The molecule has 0 atom stereocenters. The second kappa shape index (κ2) is 7.76. The zero-order valence-corrected chi connectivity index (χ0v) is 15.1. The summed E-state index contributed by atoms with van der Waals surface area (Å²) in [5.74, 6) is 0.621. The van der Waals surface area contributed by atoms with E-state index in [2.05, 4.69) is 0 Å². The summed E-state index contributed by atoms with van der Waals surface area (Å²) in [5, 5.41) is 0. The Kier molecular flexibility index (Phi) is 5.22. The molecule has 3 heterocycles. The lowest BCUT2D eigenvalue weighted by Crippen LogP contribution is -2.41. The Morgan fingerprint density at radius 3 is 2.31 bits per heavy atom. The smallest absolute Gasteiger partial charge is 0.253 e. The van der Waals surface area contributed by atoms with Crippen LogP contribution in [0.3, 0.4) is 0 Å². The maximum atomic E-state index is 12.8. The summed E-state index contributed by atoms with van der Waals surface area (Å²) in [5.41, 5.74) is 1.57. The van der Waals surface area contributed by atoms with Crippen molar-refractivity contribution in [3.8, 4) is 0 Å². The van der Waals surface area contributed by atoms with Gasteiger partial charge >= 0.3 is 0 Å². The highest BCUT2D eigenvalue weighted by Gasteiger charge is 2.32. The van der Waals surface area contributed by atoms with Gasteiger partial charge in [-0.25, -0.2) is 0 Å². The first-order chi connectivity index (χ1) is 12.7. The highest BCUT2D eigenvalue weighted by Crippen LogP contribution is 2.27. The Morgan fingerprint density at radius 2 is 1.65 bits per heavy atom. The van der Waals surface area contributed by atoms with Gasteiger partial charge in [0.25, 0.3) is 5.91 Å². The molecule has 3 aliphatic heterocycles. The lowest BCUT2D eigenvalue weighted by atomic mass is 9.95. The lowest BCUT2D eigenvalue weighted by Gasteiger charge is -2.34. The van der Waals surface area contributed by atoms with Crippen molar-refractivity contribution in [2.75, 3.05) is 37.7 Å². The molecule has 0 saturated carbocycles. The van der Waals surface area contributed by atoms with Gasteiger partial charge in [-0.05, 0) is 49.9 Å². The van der Waals surface area contributed by atoms with Crippen molar-refractivity contribution in [2.45, 2.75) is 38.4 Å². The van der Waals surface area contributed by atoms with E-state index >= 15 is 0 Å². The van der Waals surface area contributed by atoms with E-state index in [-0.39, 0.29) is 18.1 Å². The van der Waals surface area contributed by atoms with Crippen LogP contribution >= 0.6 is 0 Å². The molecule has 0 unspecified atom stereocenters. The second-order valence-electron chi connectivity index (χ2n) is 7.29. The topological polar surface area (TPSA) is 59.1 Å². The Bertz CT molecular complexity index is 646. The van der Waals surface area contributed by atoms with Gasteiger partial charge in [0.05, 0.1) is 13.2 Å². The monoisotopic (exact) mass is 358 g/mol. The first kappa shape index (κ1) is 17.5. The summed E-state index contributed by atoms with van der Waals surface area (Å²) in [7, 11) is 0. The van der Waals surface area contributed by atoms with Gasteiger partial charge in [0, 0.05) is 43.2 Å². The third kappa shape index (κ3) is 3.62. The molecule has 26 heavy (non-hydrogen) atoms. The van der Waals surface area contributed by atoms with Crippen LogP contribution in [0.1, 0.15) is 42.5 Å². The van der Waals surface area contributed by atoms with E-state index in [9.17, 15) is 9.59 Å². The van der Waals surface area contributed by atoms with Gasteiger partial charge in [0.1, 0.15) is 0 Å². The third-order valence-corrected chi connectivity index (χ3v) is 5.61. The number of hydrogen-bond acceptors (Lipinski definition) is 4. The van der Waals surface area contributed by atoms with Crippen LogP contribution < -0.4 is 4.90 Å². The van der Waals surface area contributed by atoms with Gasteiger partial charge in [0.15, 0.2) is 6.29 Å². The van der Waals surface area contributed by atoms with Crippen LogP contribution in [-0.2, 0) is 14.3 Å². The minimum atomic E-state index is -0.0892. The van der Waals surface area contributed by atoms with Crippen molar-refractivity contribution in [3.63, 3.8) is 0 Å². The summed E-state index contributed by atoms with van der Waals surface area (Å²) in [6, 6.07) is 7.47. The summed E-state index contributed by atoms with van der Waals surface area (Å²) in [4.78, 5) is 28.5. The molecular weight excluding hydrogens is 332 g/mol. The fourth-order valence-corrected chi connectivity index (χ4v) is 4.07. The molecule has 1 aromatic rings. The van der Waals surface area contributed by atoms with Gasteiger partial charge in [0.2, 0.25) is 5.91 Å². The zero-order valence-electron chi connectivity index (χ0n) is 15.1. The van der Waals surface area contributed by atoms with Crippen molar-refractivity contribution in [1.29, 1.82) is 0 Å². The number of anilines is 1. The minimum absolute atomic E-state index is 0.0632. The van der Waals surface area contributed by atoms with Crippen LogP contribution in [0.5, 0.6) is 0 Å².